The lowest BCUT2D eigenvalue weighted by molar-refractivity contribution is -0.274. The summed E-state index contributed by atoms with van der Waals surface area (Å²) in [7, 11) is 0. The molecule has 154 valence electrons. The van der Waals surface area contributed by atoms with Crippen molar-refractivity contribution < 1.29 is 38.4 Å². The molecule has 1 aliphatic rings. The van der Waals surface area contributed by atoms with Gasteiger partial charge in [-0.25, -0.2) is 9.97 Å². The summed E-state index contributed by atoms with van der Waals surface area (Å²) in [6.45, 7) is -6.67. The molecule has 2 aromatic carbocycles. The normalized spacial score (nSPS) is 21.2. The van der Waals surface area contributed by atoms with Crippen molar-refractivity contribution in [3.05, 3.63) is 72.2 Å². The number of nitrogens with zero attached hydrogens (tertiary/aromatic N) is 3. The number of ether oxygens (including phenoxy) is 2. The Bertz CT molecular complexity index is 1400. The van der Waals surface area contributed by atoms with E-state index in [1.54, 1.807) is 0 Å². The zero-order valence-corrected chi connectivity index (χ0v) is 14.9. The smallest absolute Gasteiger partial charge is 0.491 e. The Morgan fingerprint density at radius 3 is 2.60 bits per heavy atom. The summed E-state index contributed by atoms with van der Waals surface area (Å²) in [6.07, 6.45) is -2.60. The maximum atomic E-state index is 13.5. The molecular weight excluding hydrogens is 399 g/mol. The van der Waals surface area contributed by atoms with E-state index < -0.39 is 78.7 Å². The van der Waals surface area contributed by atoms with Crippen LogP contribution in [0.4, 0.5) is 13.2 Å². The van der Waals surface area contributed by atoms with Crippen LogP contribution in [0.15, 0.2) is 60.8 Å². The van der Waals surface area contributed by atoms with E-state index in [1.807, 2.05) is 0 Å². The van der Waals surface area contributed by atoms with Crippen molar-refractivity contribution in [2.45, 2.75) is 12.9 Å². The molecular formula is C21H16F3N3O3. The summed E-state index contributed by atoms with van der Waals surface area (Å²) < 4.78 is 112. The number of carbonyl (C=O) groups is 1. The van der Waals surface area contributed by atoms with Gasteiger partial charge in [0.15, 0.2) is 0 Å². The van der Waals surface area contributed by atoms with Crippen LogP contribution < -0.4 is 9.47 Å². The molecule has 0 saturated heterocycles. The number of aromatic nitrogens is 2. The molecule has 0 aliphatic carbocycles. The van der Waals surface area contributed by atoms with Crippen LogP contribution >= 0.6 is 0 Å². The minimum Gasteiger partial charge on any atom is -0.491 e. The second-order valence-electron chi connectivity index (χ2n) is 5.84. The molecule has 0 saturated carbocycles. The maximum absolute atomic E-state index is 13.5. The summed E-state index contributed by atoms with van der Waals surface area (Å²) >= 11 is 0. The molecule has 0 spiro atoms. The van der Waals surface area contributed by atoms with Gasteiger partial charge in [-0.3, -0.25) is 4.79 Å². The molecule has 1 aromatic heterocycles. The van der Waals surface area contributed by atoms with Crippen molar-refractivity contribution in [1.82, 2.24) is 14.9 Å². The van der Waals surface area contributed by atoms with Gasteiger partial charge in [0.05, 0.1) is 29.6 Å². The van der Waals surface area contributed by atoms with Crippen molar-refractivity contribution in [2.75, 3.05) is 13.1 Å². The van der Waals surface area contributed by atoms with E-state index >= 15 is 0 Å². The number of carbonyl (C=O) groups excluding carboxylic acids is 1. The van der Waals surface area contributed by atoms with Gasteiger partial charge in [0.2, 0.25) is 0 Å². The van der Waals surface area contributed by atoms with E-state index in [-0.39, 0.29) is 11.4 Å². The first-order valence-corrected chi connectivity index (χ1v) is 8.32. The highest BCUT2D eigenvalue weighted by atomic mass is 19.4. The molecule has 30 heavy (non-hydrogen) atoms. The summed E-state index contributed by atoms with van der Waals surface area (Å²) in [5.41, 5.74) is -1.04. The predicted molar refractivity (Wildman–Crippen MR) is 101 cm³/mol. The first-order chi connectivity index (χ1) is 17.5. The maximum Gasteiger partial charge on any atom is 0.573 e. The van der Waals surface area contributed by atoms with Crippen LogP contribution in [0.25, 0.3) is 11.1 Å². The molecule has 9 heteroatoms. The molecule has 3 aromatic rings. The molecule has 0 fully saturated rings. The Hall–Kier alpha value is -3.62. The highest BCUT2D eigenvalue weighted by Gasteiger charge is 2.31. The molecule has 1 amide bonds. The van der Waals surface area contributed by atoms with Gasteiger partial charge in [0.1, 0.15) is 23.9 Å². The fraction of sp³-hybridized carbons (Fsp3) is 0.190. The predicted octanol–water partition coefficient (Wildman–Crippen LogP) is 4.08. The molecule has 0 atom stereocenters. The summed E-state index contributed by atoms with van der Waals surface area (Å²) in [4.78, 5) is 21.9. The monoisotopic (exact) mass is 423 g/mol. The van der Waals surface area contributed by atoms with Crippen LogP contribution in [0, 0.1) is 0 Å². The fourth-order valence-corrected chi connectivity index (χ4v) is 2.55. The highest BCUT2D eigenvalue weighted by molar-refractivity contribution is 5.98. The van der Waals surface area contributed by atoms with Gasteiger partial charge in [-0.1, -0.05) is 18.2 Å². The number of fused-ring (bicyclic) bond motifs is 1. The van der Waals surface area contributed by atoms with Crippen molar-refractivity contribution in [3.63, 3.8) is 0 Å². The fourth-order valence-electron chi connectivity index (χ4n) is 2.55. The second kappa shape index (κ2) is 8.02. The topological polar surface area (TPSA) is 64.6 Å². The van der Waals surface area contributed by atoms with Crippen molar-refractivity contribution >= 4 is 5.91 Å². The zero-order chi connectivity index (χ0) is 28.2. The molecule has 1 aliphatic heterocycles. The van der Waals surface area contributed by atoms with E-state index in [0.717, 1.165) is 18.2 Å². The molecule has 0 N–H and O–H groups in total. The first-order valence-electron chi connectivity index (χ1n) is 12.3. The number of benzene rings is 2. The third kappa shape index (κ3) is 4.51. The van der Waals surface area contributed by atoms with Crippen LogP contribution in [0.1, 0.15) is 27.1 Å². The lowest BCUT2D eigenvalue weighted by Crippen LogP contribution is -2.32. The average molecular weight is 423 g/mol. The Balaban J connectivity index is 1.87. The summed E-state index contributed by atoms with van der Waals surface area (Å²) in [5.74, 6) is -2.81. The van der Waals surface area contributed by atoms with Crippen LogP contribution in [-0.4, -0.2) is 40.2 Å². The molecule has 0 radical (unpaired) electrons. The number of halogens is 3. The van der Waals surface area contributed by atoms with Crippen molar-refractivity contribution in [2.24, 2.45) is 0 Å². The van der Waals surface area contributed by atoms with Gasteiger partial charge in [0, 0.05) is 12.4 Å². The van der Waals surface area contributed by atoms with Crippen LogP contribution in [0.5, 0.6) is 11.5 Å². The average Bonchev–Trinajstić information content (AvgIpc) is 2.88. The van der Waals surface area contributed by atoms with E-state index in [1.165, 1.54) is 18.5 Å². The van der Waals surface area contributed by atoms with Crippen LogP contribution in [0.2, 0.25) is 0 Å². The van der Waals surface area contributed by atoms with Gasteiger partial charge in [-0.05, 0) is 41.4 Å². The molecule has 6 nitrogen and oxygen atoms in total. The van der Waals surface area contributed by atoms with Gasteiger partial charge in [0.25, 0.3) is 5.91 Å². The summed E-state index contributed by atoms with van der Waals surface area (Å²) in [5, 5.41) is 0. The largest absolute Gasteiger partial charge is 0.573 e. The van der Waals surface area contributed by atoms with Gasteiger partial charge < -0.3 is 14.4 Å². The summed E-state index contributed by atoms with van der Waals surface area (Å²) in [6, 6.07) is 0.670. The molecule has 4 rings (SSSR count). The Morgan fingerprint density at radius 1 is 1.17 bits per heavy atom. The Kier molecular flexibility index (Phi) is 3.25. The van der Waals surface area contributed by atoms with Crippen LogP contribution in [-0.2, 0) is 6.54 Å². The number of alkyl halides is 3. The number of rotatable bonds is 4. The lowest BCUT2D eigenvalue weighted by Gasteiger charge is -2.19. The van der Waals surface area contributed by atoms with Gasteiger partial charge in [-0.15, -0.1) is 13.2 Å². The minimum absolute atomic E-state index is 0.0139. The zero-order valence-electron chi connectivity index (χ0n) is 22.9. The Morgan fingerprint density at radius 2 is 1.90 bits per heavy atom. The highest BCUT2D eigenvalue weighted by Crippen LogP contribution is 2.31. The van der Waals surface area contributed by atoms with E-state index in [9.17, 15) is 18.0 Å². The third-order valence-corrected chi connectivity index (χ3v) is 3.82. The Labute approximate surface area is 181 Å². The van der Waals surface area contributed by atoms with Crippen molar-refractivity contribution in [3.8, 4) is 22.6 Å². The SMILES string of the molecule is [2H]c1c([2H])c(-c2ccc3c(c2)C(=O)N(Cc2ncccn2)C([2H])([2H])C([2H])([2H])O3)c([2H])c([2H])c1OC(F)(F)F. The van der Waals surface area contributed by atoms with E-state index in [4.69, 9.17) is 15.7 Å². The molecule has 0 unspecified atom stereocenters. The van der Waals surface area contributed by atoms with E-state index in [2.05, 4.69) is 14.7 Å². The minimum atomic E-state index is -5.27. The quantitative estimate of drug-likeness (QED) is 0.633. The number of amides is 1. The van der Waals surface area contributed by atoms with Crippen LogP contribution in [0.3, 0.4) is 0 Å². The van der Waals surface area contributed by atoms with Crippen molar-refractivity contribution in [1.29, 1.82) is 0 Å². The second-order valence-corrected chi connectivity index (χ2v) is 5.84. The lowest BCUT2D eigenvalue weighted by atomic mass is 10.0. The number of hydrogen-bond acceptors (Lipinski definition) is 5. The standard InChI is InChI=1S/C21H16F3N3O3/c22-21(23,24)30-16-5-2-14(3-6-16)15-4-7-18-17(12-15)20(28)27(10-11-29-18)13-19-25-8-1-9-26-19/h1-9,12H,10-11,13H2/i2D,3D,5D,6D,10D2,11D2. The third-order valence-electron chi connectivity index (χ3n) is 3.82. The number of hydrogen-bond donors (Lipinski definition) is 0. The van der Waals surface area contributed by atoms with E-state index in [0.29, 0.717) is 4.90 Å². The van der Waals surface area contributed by atoms with Gasteiger partial charge in [-0.2, -0.15) is 0 Å². The molecule has 0 bridgehead atoms. The first kappa shape index (κ1) is 12.2. The molecule has 2 heterocycles. The van der Waals surface area contributed by atoms with Gasteiger partial charge >= 0.3 is 6.36 Å².